The van der Waals surface area contributed by atoms with E-state index in [-0.39, 0.29) is 11.6 Å². The quantitative estimate of drug-likeness (QED) is 0.478. The van der Waals surface area contributed by atoms with Crippen LogP contribution in [0.1, 0.15) is 17.2 Å². The van der Waals surface area contributed by atoms with Gasteiger partial charge in [0.25, 0.3) is 5.69 Å². The van der Waals surface area contributed by atoms with Crippen molar-refractivity contribution in [3.05, 3.63) is 39.4 Å². The molecule has 14 heavy (non-hydrogen) atoms. The van der Waals surface area contributed by atoms with Crippen molar-refractivity contribution in [3.63, 3.8) is 0 Å². The first-order valence-electron chi connectivity index (χ1n) is 4.05. The van der Waals surface area contributed by atoms with E-state index in [0.717, 1.165) is 0 Å². The molecule has 0 heterocycles. The van der Waals surface area contributed by atoms with Crippen LogP contribution in [0.3, 0.4) is 0 Å². The molecule has 0 saturated carbocycles. The lowest BCUT2D eigenvalue weighted by Gasteiger charge is -2.07. The molecule has 1 atom stereocenters. The van der Waals surface area contributed by atoms with E-state index in [9.17, 15) is 15.2 Å². The monoisotopic (exact) mass is 215 g/mol. The average molecular weight is 216 g/mol. The number of nitrogens with zero attached hydrogens (tertiary/aromatic N) is 1. The van der Waals surface area contributed by atoms with Crippen molar-refractivity contribution in [2.75, 3.05) is 5.88 Å². The summed E-state index contributed by atoms with van der Waals surface area (Å²) in [5, 5.41) is 19.9. The summed E-state index contributed by atoms with van der Waals surface area (Å²) in [6.07, 6.45) is -0.767. The largest absolute Gasteiger partial charge is 0.387 e. The molecule has 0 bridgehead atoms. The van der Waals surface area contributed by atoms with Crippen LogP contribution in [0, 0.1) is 17.0 Å². The molecule has 0 aliphatic heterocycles. The zero-order valence-corrected chi connectivity index (χ0v) is 8.36. The molecule has 4 nitrogen and oxygen atoms in total. The van der Waals surface area contributed by atoms with Crippen LogP contribution in [-0.4, -0.2) is 15.9 Å². The van der Waals surface area contributed by atoms with Crippen molar-refractivity contribution < 1.29 is 10.0 Å². The molecule has 0 radical (unpaired) electrons. The fourth-order valence-corrected chi connectivity index (χ4v) is 1.36. The number of halogens is 1. The second-order valence-electron chi connectivity index (χ2n) is 2.97. The van der Waals surface area contributed by atoms with E-state index >= 15 is 0 Å². The number of aliphatic hydroxyl groups is 1. The number of aryl methyl sites for hydroxylation is 1. The summed E-state index contributed by atoms with van der Waals surface area (Å²) in [7, 11) is 0. The molecule has 76 valence electrons. The first-order valence-corrected chi connectivity index (χ1v) is 4.58. The van der Waals surface area contributed by atoms with Crippen LogP contribution in [0.15, 0.2) is 18.2 Å². The van der Waals surface area contributed by atoms with Gasteiger partial charge in [-0.2, -0.15) is 0 Å². The summed E-state index contributed by atoms with van der Waals surface area (Å²) in [5.41, 5.74) is 1.18. The molecule has 0 amide bonds. The Hall–Kier alpha value is -1.13. The van der Waals surface area contributed by atoms with Crippen LogP contribution >= 0.6 is 11.6 Å². The maximum absolute atomic E-state index is 10.5. The molecular formula is C9H10ClNO3. The average Bonchev–Trinajstić information content (AvgIpc) is 2.15. The van der Waals surface area contributed by atoms with Crippen molar-refractivity contribution in [2.24, 2.45) is 0 Å². The van der Waals surface area contributed by atoms with Gasteiger partial charge in [0, 0.05) is 11.6 Å². The molecule has 0 aliphatic rings. The van der Waals surface area contributed by atoms with Crippen LogP contribution in [0.2, 0.25) is 0 Å². The number of aliphatic hydroxyl groups excluding tert-OH is 1. The van der Waals surface area contributed by atoms with Crippen LogP contribution in [-0.2, 0) is 0 Å². The third-order valence-electron chi connectivity index (χ3n) is 1.95. The Balaban J connectivity index is 3.06. The van der Waals surface area contributed by atoms with Gasteiger partial charge in [0.2, 0.25) is 0 Å². The van der Waals surface area contributed by atoms with Crippen molar-refractivity contribution in [3.8, 4) is 0 Å². The van der Waals surface area contributed by atoms with Gasteiger partial charge in [0.1, 0.15) is 0 Å². The molecule has 1 aromatic rings. The predicted octanol–water partition coefficient (Wildman–Crippen LogP) is 2.18. The van der Waals surface area contributed by atoms with Gasteiger partial charge in [-0.15, -0.1) is 11.6 Å². The Morgan fingerprint density at radius 2 is 2.29 bits per heavy atom. The summed E-state index contributed by atoms with van der Waals surface area (Å²) in [6.45, 7) is 1.63. The Morgan fingerprint density at radius 1 is 1.64 bits per heavy atom. The highest BCUT2D eigenvalue weighted by atomic mass is 35.5. The molecule has 0 aliphatic carbocycles. The summed E-state index contributed by atoms with van der Waals surface area (Å²) in [6, 6.07) is 4.46. The summed E-state index contributed by atoms with van der Waals surface area (Å²) >= 11 is 5.46. The third kappa shape index (κ3) is 2.21. The highest BCUT2D eigenvalue weighted by Crippen LogP contribution is 2.22. The van der Waals surface area contributed by atoms with Crippen molar-refractivity contribution in [1.29, 1.82) is 0 Å². The molecule has 0 saturated heterocycles. The number of rotatable bonds is 3. The minimum absolute atomic E-state index is 0.0514. The molecule has 1 aromatic carbocycles. The summed E-state index contributed by atoms with van der Waals surface area (Å²) in [5.74, 6) is 0.0806. The lowest BCUT2D eigenvalue weighted by Crippen LogP contribution is -2.00. The van der Waals surface area contributed by atoms with Gasteiger partial charge in [0.05, 0.1) is 16.9 Å². The molecule has 1 unspecified atom stereocenters. The van der Waals surface area contributed by atoms with E-state index in [1.807, 2.05) is 0 Å². The van der Waals surface area contributed by atoms with Gasteiger partial charge in [-0.1, -0.05) is 0 Å². The number of nitro groups is 1. The van der Waals surface area contributed by atoms with Crippen molar-refractivity contribution >= 4 is 17.3 Å². The number of alkyl halides is 1. The topological polar surface area (TPSA) is 63.4 Å². The molecule has 0 spiro atoms. The van der Waals surface area contributed by atoms with Gasteiger partial charge in [-0.25, -0.2) is 0 Å². The SMILES string of the molecule is Cc1cc(C(O)CCl)ccc1[N+](=O)[O-]. The van der Waals surface area contributed by atoms with Gasteiger partial charge in [0.15, 0.2) is 0 Å². The molecular weight excluding hydrogens is 206 g/mol. The lowest BCUT2D eigenvalue weighted by atomic mass is 10.1. The van der Waals surface area contributed by atoms with E-state index in [2.05, 4.69) is 0 Å². The fourth-order valence-electron chi connectivity index (χ4n) is 1.18. The first-order chi connectivity index (χ1) is 6.56. The number of hydrogen-bond acceptors (Lipinski definition) is 3. The smallest absolute Gasteiger partial charge is 0.272 e. The minimum Gasteiger partial charge on any atom is -0.387 e. The molecule has 1 N–H and O–H groups in total. The number of hydrogen-bond donors (Lipinski definition) is 1. The van der Waals surface area contributed by atoms with Gasteiger partial charge >= 0.3 is 0 Å². The van der Waals surface area contributed by atoms with Crippen LogP contribution in [0.25, 0.3) is 0 Å². The zero-order valence-electron chi connectivity index (χ0n) is 7.61. The van der Waals surface area contributed by atoms with E-state index in [1.165, 1.54) is 12.1 Å². The fraction of sp³-hybridized carbons (Fsp3) is 0.333. The first kappa shape index (κ1) is 10.9. The highest BCUT2D eigenvalue weighted by molar-refractivity contribution is 6.18. The van der Waals surface area contributed by atoms with Gasteiger partial charge in [-0.05, 0) is 24.6 Å². The third-order valence-corrected chi connectivity index (χ3v) is 2.24. The number of benzene rings is 1. The Labute approximate surface area is 86.3 Å². The van der Waals surface area contributed by atoms with Crippen molar-refractivity contribution in [2.45, 2.75) is 13.0 Å². The van der Waals surface area contributed by atoms with E-state index in [0.29, 0.717) is 11.1 Å². The normalized spacial score (nSPS) is 12.5. The summed E-state index contributed by atoms with van der Waals surface area (Å²) in [4.78, 5) is 10.0. The Kier molecular flexibility index (Phi) is 3.43. The standard InChI is InChI=1S/C9H10ClNO3/c1-6-4-7(9(12)5-10)2-3-8(6)11(13)14/h2-4,9,12H,5H2,1H3. The maximum atomic E-state index is 10.5. The predicted molar refractivity (Wildman–Crippen MR) is 53.5 cm³/mol. The van der Waals surface area contributed by atoms with Crippen LogP contribution < -0.4 is 0 Å². The number of nitro benzene ring substituents is 1. The molecule has 5 heteroatoms. The van der Waals surface area contributed by atoms with E-state index in [4.69, 9.17) is 11.6 Å². The van der Waals surface area contributed by atoms with Crippen LogP contribution in [0.4, 0.5) is 5.69 Å². The second-order valence-corrected chi connectivity index (χ2v) is 3.28. The summed E-state index contributed by atoms with van der Waals surface area (Å²) < 4.78 is 0. The van der Waals surface area contributed by atoms with Gasteiger partial charge in [-0.3, -0.25) is 10.1 Å². The molecule has 0 fully saturated rings. The minimum atomic E-state index is -0.767. The molecule has 0 aromatic heterocycles. The zero-order chi connectivity index (χ0) is 10.7. The second kappa shape index (κ2) is 4.39. The van der Waals surface area contributed by atoms with Gasteiger partial charge < -0.3 is 5.11 Å². The Bertz CT molecular complexity index is 354. The maximum Gasteiger partial charge on any atom is 0.272 e. The van der Waals surface area contributed by atoms with E-state index in [1.54, 1.807) is 13.0 Å². The van der Waals surface area contributed by atoms with Crippen LogP contribution in [0.5, 0.6) is 0 Å². The molecule has 1 rings (SSSR count). The van der Waals surface area contributed by atoms with Crippen molar-refractivity contribution in [1.82, 2.24) is 0 Å². The highest BCUT2D eigenvalue weighted by Gasteiger charge is 2.13. The Morgan fingerprint density at radius 3 is 2.71 bits per heavy atom. The lowest BCUT2D eigenvalue weighted by molar-refractivity contribution is -0.385. The van der Waals surface area contributed by atoms with E-state index < -0.39 is 11.0 Å².